The van der Waals surface area contributed by atoms with Crippen LogP contribution in [-0.2, 0) is 66.4 Å². The Morgan fingerprint density at radius 3 is 1.95 bits per heavy atom. The zero-order chi connectivity index (χ0) is 56.2. The van der Waals surface area contributed by atoms with Crippen LogP contribution in [0.3, 0.4) is 0 Å². The standard InChI is InChI=1S/C57H86O21/c1-27(69-31(5)59)35-19-21-57(65)36-17-16-33-22-34(18-20-55(33,6)37(36)23-41(56(35,57)7)75-52(64)32-14-12-11-13-15-32)73-42-24-38(66-8)48(28(2)70-42)76-43-25-39(67-9)49(29(3)71-43)77-54-47(63)51(68-10)50(30(4)72-54)78-53-46(62)45(61)44(60)40(26-58)74-53/h11-16,27-30,34-51,53-54,58,60-63,65H,17-26H2,1-10H3/t27-,28-,29-,30-,34+,35-,36-,37+,38+,39+,40-,41-,42+,43+,44+,45+,46-,47-,48-,49-,50-,51-,53+,54+,55+,56+,57+/m1/s1. The zero-order valence-electron chi connectivity index (χ0n) is 46.7. The molecule has 4 heterocycles. The van der Waals surface area contributed by atoms with Gasteiger partial charge in [-0.15, -0.1) is 0 Å². The predicted octanol–water partition coefficient (Wildman–Crippen LogP) is 3.23. The average Bonchev–Trinajstić information content (AvgIpc) is 3.95. The number of hydrogen-bond donors (Lipinski definition) is 6. The normalized spacial score (nSPS) is 47.9. The van der Waals surface area contributed by atoms with E-state index in [0.717, 1.165) is 12.8 Å². The fraction of sp³-hybridized carbons (Fsp3) is 0.825. The molecule has 0 bridgehead atoms. The van der Waals surface area contributed by atoms with E-state index in [-0.39, 0.29) is 41.7 Å². The van der Waals surface area contributed by atoms with Gasteiger partial charge in [-0.05, 0) is 102 Å². The van der Waals surface area contributed by atoms with Crippen molar-refractivity contribution < 1.29 is 102 Å². The molecule has 4 saturated heterocycles. The molecule has 1 aromatic carbocycles. The summed E-state index contributed by atoms with van der Waals surface area (Å²) in [5, 5.41) is 65.6. The van der Waals surface area contributed by atoms with E-state index in [2.05, 4.69) is 13.0 Å². The van der Waals surface area contributed by atoms with Gasteiger partial charge in [0.1, 0.15) is 67.1 Å². The fourth-order valence-electron chi connectivity index (χ4n) is 15.2. The first-order chi connectivity index (χ1) is 37.1. The van der Waals surface area contributed by atoms with Crippen LogP contribution >= 0.6 is 0 Å². The van der Waals surface area contributed by atoms with Crippen LogP contribution in [0.4, 0.5) is 0 Å². The van der Waals surface area contributed by atoms with Crippen molar-refractivity contribution in [2.45, 2.75) is 241 Å². The molecule has 3 saturated carbocycles. The molecule has 78 heavy (non-hydrogen) atoms. The van der Waals surface area contributed by atoms with Gasteiger partial charge >= 0.3 is 11.9 Å². The number of aliphatic hydroxyl groups excluding tert-OH is 5. The fourth-order valence-corrected chi connectivity index (χ4v) is 15.2. The number of esters is 2. The van der Waals surface area contributed by atoms with E-state index in [1.54, 1.807) is 33.3 Å². The summed E-state index contributed by atoms with van der Waals surface area (Å²) in [4.78, 5) is 26.1. The van der Waals surface area contributed by atoms with Crippen LogP contribution in [-0.4, -0.2) is 205 Å². The Bertz CT molecular complexity index is 2220. The highest BCUT2D eigenvalue weighted by atomic mass is 16.8. The van der Waals surface area contributed by atoms with Gasteiger partial charge in [-0.3, -0.25) is 4.79 Å². The van der Waals surface area contributed by atoms with Gasteiger partial charge in [0, 0.05) is 52.4 Å². The van der Waals surface area contributed by atoms with E-state index in [0.29, 0.717) is 44.1 Å². The lowest BCUT2D eigenvalue weighted by molar-refractivity contribution is -0.373. The molecule has 8 aliphatic rings. The van der Waals surface area contributed by atoms with Gasteiger partial charge in [-0.25, -0.2) is 4.79 Å². The highest BCUT2D eigenvalue weighted by Gasteiger charge is 2.72. The maximum Gasteiger partial charge on any atom is 0.338 e. The second-order valence-corrected chi connectivity index (χ2v) is 23.7. The number of carbonyl (C=O) groups excluding carboxylic acids is 2. The molecule has 0 unspecified atom stereocenters. The van der Waals surface area contributed by atoms with Crippen molar-refractivity contribution >= 4 is 11.9 Å². The summed E-state index contributed by atoms with van der Waals surface area (Å²) >= 11 is 0. The number of benzene rings is 1. The first-order valence-electron chi connectivity index (χ1n) is 28.1. The minimum absolute atomic E-state index is 0.0153. The molecule has 7 fully saturated rings. The van der Waals surface area contributed by atoms with Crippen molar-refractivity contribution in [2.24, 2.45) is 28.6 Å². The topological polar surface area (TPSA) is 276 Å². The molecule has 1 aromatic rings. The third-order valence-corrected chi connectivity index (χ3v) is 19.5. The molecule has 4 aliphatic carbocycles. The third-order valence-electron chi connectivity index (χ3n) is 19.5. The van der Waals surface area contributed by atoms with Crippen LogP contribution in [0.2, 0.25) is 0 Å². The van der Waals surface area contributed by atoms with Crippen LogP contribution < -0.4 is 0 Å². The maximum absolute atomic E-state index is 13.9. The first kappa shape index (κ1) is 59.8. The Balaban J connectivity index is 0.809. The SMILES string of the molecule is CO[C@@H]1[C@@H](O)[C@H](O[C@H]2[C@@H](OC)C[C@H](O[C@H]3[C@@H](OC)C[C@H](O[C@H]4CC[C@@]5(C)C(=CC[C@@H]6[C@@H]5C[C@@H](OC(=O)c5ccccc5)[C@]5(C)[C@@H]([C@@H](C)OC(C)=O)CC[C@]65O)C4)O[C@@H]3C)O[C@@H]2C)O[C@H](C)[C@H]1O[C@@H]1O[C@H](CO)[C@H](O)[C@H](O)[C@H]1O. The largest absolute Gasteiger partial charge is 0.463 e. The summed E-state index contributed by atoms with van der Waals surface area (Å²) in [6.07, 6.45) is -11.5. The Hall–Kier alpha value is -2.78. The molecular formula is C57H86O21. The van der Waals surface area contributed by atoms with Gasteiger partial charge in [-0.2, -0.15) is 0 Å². The van der Waals surface area contributed by atoms with Crippen LogP contribution in [0.15, 0.2) is 42.0 Å². The van der Waals surface area contributed by atoms with Crippen molar-refractivity contribution in [3.8, 4) is 0 Å². The van der Waals surface area contributed by atoms with Crippen LogP contribution in [0.25, 0.3) is 0 Å². The molecule has 440 valence electrons. The highest BCUT2D eigenvalue weighted by Crippen LogP contribution is 2.69. The average molecular weight is 1110 g/mol. The van der Waals surface area contributed by atoms with Gasteiger partial charge in [0.2, 0.25) is 0 Å². The van der Waals surface area contributed by atoms with E-state index in [4.69, 9.17) is 61.6 Å². The Labute approximate surface area is 457 Å². The lowest BCUT2D eigenvalue weighted by Crippen LogP contribution is -2.67. The van der Waals surface area contributed by atoms with Crippen molar-refractivity contribution in [1.82, 2.24) is 0 Å². The van der Waals surface area contributed by atoms with Crippen molar-refractivity contribution in [3.05, 3.63) is 47.5 Å². The number of carbonyl (C=O) groups is 2. The summed E-state index contributed by atoms with van der Waals surface area (Å²) < 4.78 is 80.6. The smallest absolute Gasteiger partial charge is 0.338 e. The van der Waals surface area contributed by atoms with Crippen molar-refractivity contribution in [2.75, 3.05) is 27.9 Å². The van der Waals surface area contributed by atoms with E-state index in [1.165, 1.54) is 19.6 Å². The quantitative estimate of drug-likeness (QED) is 0.102. The van der Waals surface area contributed by atoms with Crippen molar-refractivity contribution in [3.63, 3.8) is 0 Å². The molecule has 21 nitrogen and oxygen atoms in total. The van der Waals surface area contributed by atoms with Crippen LogP contribution in [0.5, 0.6) is 0 Å². The van der Waals surface area contributed by atoms with Crippen molar-refractivity contribution in [1.29, 1.82) is 0 Å². The van der Waals surface area contributed by atoms with Gasteiger partial charge in [0.25, 0.3) is 0 Å². The number of allylic oxidation sites excluding steroid dienone is 1. The van der Waals surface area contributed by atoms with E-state index in [9.17, 15) is 40.2 Å². The summed E-state index contributed by atoms with van der Waals surface area (Å²) in [7, 11) is 4.56. The van der Waals surface area contributed by atoms with Crippen LogP contribution in [0, 0.1) is 28.6 Å². The Morgan fingerprint density at radius 1 is 0.705 bits per heavy atom. The number of fused-ring (bicyclic) bond motifs is 5. The lowest BCUT2D eigenvalue weighted by Gasteiger charge is -2.63. The van der Waals surface area contributed by atoms with Gasteiger partial charge < -0.3 is 92.2 Å². The molecule has 0 amide bonds. The first-order valence-corrected chi connectivity index (χ1v) is 28.1. The lowest BCUT2D eigenvalue weighted by atomic mass is 9.44. The third kappa shape index (κ3) is 11.1. The second kappa shape index (κ2) is 24.2. The molecular weight excluding hydrogens is 1020 g/mol. The molecule has 6 N–H and O–H groups in total. The Kier molecular flexibility index (Phi) is 18.6. The number of hydrogen-bond acceptors (Lipinski definition) is 21. The Morgan fingerprint density at radius 2 is 1.32 bits per heavy atom. The molecule has 27 atom stereocenters. The van der Waals surface area contributed by atoms with Gasteiger partial charge in [-0.1, -0.05) is 43.7 Å². The summed E-state index contributed by atoms with van der Waals surface area (Å²) in [6, 6.07) is 8.95. The number of aliphatic hydroxyl groups is 6. The summed E-state index contributed by atoms with van der Waals surface area (Å²) in [5.74, 6) is -1.11. The van der Waals surface area contributed by atoms with E-state index >= 15 is 0 Å². The number of methoxy groups -OCH3 is 3. The number of ether oxygens (including phenoxy) is 13. The second-order valence-electron chi connectivity index (χ2n) is 23.7. The van der Waals surface area contributed by atoms with E-state index < -0.39 is 146 Å². The zero-order valence-corrected chi connectivity index (χ0v) is 46.7. The predicted molar refractivity (Wildman–Crippen MR) is 273 cm³/mol. The highest BCUT2D eigenvalue weighted by molar-refractivity contribution is 5.89. The van der Waals surface area contributed by atoms with Gasteiger partial charge in [0.15, 0.2) is 25.2 Å². The van der Waals surface area contributed by atoms with Crippen LogP contribution in [0.1, 0.15) is 117 Å². The number of rotatable bonds is 16. The van der Waals surface area contributed by atoms with Gasteiger partial charge in [0.05, 0.1) is 54.4 Å². The minimum atomic E-state index is -1.67. The summed E-state index contributed by atoms with van der Waals surface area (Å²) in [5.41, 5.74) is -0.617. The monoisotopic (exact) mass is 1110 g/mol. The molecule has 0 aromatic heterocycles. The molecule has 21 heteroatoms. The molecule has 4 aliphatic heterocycles. The maximum atomic E-state index is 13.9. The van der Waals surface area contributed by atoms with E-state index in [1.807, 2.05) is 45.9 Å². The summed E-state index contributed by atoms with van der Waals surface area (Å²) in [6.45, 7) is 12.4. The molecule has 0 spiro atoms. The molecule has 9 rings (SSSR count). The molecule has 0 radical (unpaired) electrons. The minimum Gasteiger partial charge on any atom is -0.463 e.